The third kappa shape index (κ3) is 2.71. The molecule has 88 valence electrons. The Morgan fingerprint density at radius 2 is 2.07 bits per heavy atom. The van der Waals surface area contributed by atoms with Gasteiger partial charge in [-0.1, -0.05) is 0 Å². The molecule has 0 aliphatic heterocycles. The molecule has 2 atom stereocenters. The number of nitrogens with zero attached hydrogens (tertiary/aromatic N) is 2. The maximum atomic E-state index is 9.84. The molecule has 9 heteroatoms. The fourth-order valence-corrected chi connectivity index (χ4v) is 3.56. The second kappa shape index (κ2) is 4.39. The Hall–Kier alpha value is -0.130. The number of aromatic nitrogens is 2. The first-order valence-corrected chi connectivity index (χ1v) is 7.63. The molecular weight excluding hydrogens is 242 g/mol. The van der Waals surface area contributed by atoms with E-state index in [-0.39, 0.29) is 6.54 Å². The van der Waals surface area contributed by atoms with Crippen LogP contribution in [0.25, 0.3) is 0 Å². The Morgan fingerprint density at radius 3 is 2.40 bits per heavy atom. The number of imidazole rings is 1. The zero-order valence-electron chi connectivity index (χ0n) is 8.02. The van der Waals surface area contributed by atoms with Gasteiger partial charge in [-0.15, -0.1) is 0 Å². The van der Waals surface area contributed by atoms with Crippen LogP contribution in [0.3, 0.4) is 0 Å². The van der Waals surface area contributed by atoms with E-state index in [1.807, 2.05) is 0 Å². The Morgan fingerprint density at radius 1 is 1.47 bits per heavy atom. The molecule has 0 amide bonds. The van der Waals surface area contributed by atoms with Gasteiger partial charge in [-0.3, -0.25) is 0 Å². The molecule has 5 N–H and O–H groups in total. The first-order valence-electron chi connectivity index (χ1n) is 4.05. The van der Waals surface area contributed by atoms with Crippen molar-refractivity contribution in [1.29, 1.82) is 0 Å². The van der Waals surface area contributed by atoms with E-state index in [9.17, 15) is 10.00 Å². The monoisotopic (exact) mass is 256 g/mol. The number of hydrogen-bond acceptors (Lipinski definition) is 6. The van der Waals surface area contributed by atoms with Crippen LogP contribution in [0.5, 0.6) is 0 Å². The SMILES string of the molecule is C[P@@](O)C(O)(Cn1ccnc1)[PH](O)(O)O. The minimum absolute atomic E-state index is 0.318. The van der Waals surface area contributed by atoms with Crippen LogP contribution in [0.2, 0.25) is 0 Å². The van der Waals surface area contributed by atoms with Crippen molar-refractivity contribution >= 4 is 16.1 Å². The van der Waals surface area contributed by atoms with Crippen LogP contribution in [0.4, 0.5) is 0 Å². The van der Waals surface area contributed by atoms with Gasteiger partial charge in [0.05, 0.1) is 0 Å². The third-order valence-electron chi connectivity index (χ3n) is 2.03. The van der Waals surface area contributed by atoms with E-state index in [0.717, 1.165) is 0 Å². The van der Waals surface area contributed by atoms with Crippen LogP contribution < -0.4 is 0 Å². The summed E-state index contributed by atoms with van der Waals surface area (Å²) in [6, 6.07) is 0. The van der Waals surface area contributed by atoms with Gasteiger partial charge in [0.2, 0.25) is 0 Å². The van der Waals surface area contributed by atoms with Gasteiger partial charge in [-0.25, -0.2) is 0 Å². The zero-order valence-corrected chi connectivity index (χ0v) is 9.91. The third-order valence-corrected chi connectivity index (χ3v) is 6.35. The summed E-state index contributed by atoms with van der Waals surface area (Å²) >= 11 is 0. The molecule has 1 aromatic rings. The molecule has 0 fully saturated rings. The van der Waals surface area contributed by atoms with Crippen molar-refractivity contribution in [3.8, 4) is 0 Å². The van der Waals surface area contributed by atoms with Crippen molar-refractivity contribution in [2.24, 2.45) is 0 Å². The number of aliphatic hydroxyl groups is 1. The quantitative estimate of drug-likeness (QED) is 0.442. The fourth-order valence-electron chi connectivity index (χ4n) is 1.06. The molecule has 0 spiro atoms. The Kier molecular flexibility index (Phi) is 3.79. The zero-order chi connectivity index (χ0) is 11.7. The second-order valence-corrected chi connectivity index (χ2v) is 7.52. The van der Waals surface area contributed by atoms with Gasteiger partial charge in [0.1, 0.15) is 0 Å². The topological polar surface area (TPSA) is 119 Å². The summed E-state index contributed by atoms with van der Waals surface area (Å²) in [5.41, 5.74) is 0. The molecule has 0 saturated heterocycles. The molecule has 0 bridgehead atoms. The normalized spacial score (nSPS) is 19.6. The fraction of sp³-hybridized carbons (Fsp3) is 0.500. The summed E-state index contributed by atoms with van der Waals surface area (Å²) in [6.45, 7) is 0.915. The van der Waals surface area contributed by atoms with E-state index in [1.54, 1.807) is 0 Å². The summed E-state index contributed by atoms with van der Waals surface area (Å²) < 4.78 is 1.35. The summed E-state index contributed by atoms with van der Waals surface area (Å²) in [5, 5.41) is 7.55. The van der Waals surface area contributed by atoms with Crippen LogP contribution in [0, 0.1) is 0 Å². The molecule has 15 heavy (non-hydrogen) atoms. The predicted molar refractivity (Wildman–Crippen MR) is 57.2 cm³/mol. The van der Waals surface area contributed by atoms with Gasteiger partial charge in [0.15, 0.2) is 0 Å². The number of hydrogen-bond donors (Lipinski definition) is 5. The van der Waals surface area contributed by atoms with Crippen molar-refractivity contribution in [3.63, 3.8) is 0 Å². The van der Waals surface area contributed by atoms with Crippen molar-refractivity contribution in [2.45, 2.75) is 11.6 Å². The van der Waals surface area contributed by atoms with Crippen LogP contribution >= 0.6 is 16.1 Å². The summed E-state index contributed by atoms with van der Waals surface area (Å²) in [7, 11) is -6.96. The van der Waals surface area contributed by atoms with Gasteiger partial charge in [0, 0.05) is 0 Å². The van der Waals surface area contributed by atoms with Crippen LogP contribution in [-0.2, 0) is 6.54 Å². The van der Waals surface area contributed by atoms with Crippen LogP contribution in [0.1, 0.15) is 0 Å². The average Bonchev–Trinajstić information content (AvgIpc) is 2.54. The first-order chi connectivity index (χ1) is 6.77. The van der Waals surface area contributed by atoms with E-state index in [4.69, 9.17) is 14.7 Å². The van der Waals surface area contributed by atoms with E-state index in [2.05, 4.69) is 4.98 Å². The molecule has 0 radical (unpaired) electrons. The van der Waals surface area contributed by atoms with Crippen LogP contribution in [-0.4, -0.2) is 46.0 Å². The Labute approximate surface area is 88.1 Å². The Balaban J connectivity index is 2.93. The second-order valence-electron chi connectivity index (χ2n) is 3.21. The summed E-state index contributed by atoms with van der Waals surface area (Å²) in [6.07, 6.45) is 4.25. The molecule has 0 saturated carbocycles. The van der Waals surface area contributed by atoms with Crippen LogP contribution in [0.15, 0.2) is 18.7 Å². The van der Waals surface area contributed by atoms with Crippen molar-refractivity contribution in [3.05, 3.63) is 18.7 Å². The van der Waals surface area contributed by atoms with Crippen molar-refractivity contribution in [1.82, 2.24) is 9.55 Å². The molecular formula is C6H14N2O5P2. The summed E-state index contributed by atoms with van der Waals surface area (Å²) in [4.78, 5) is 40.4. The molecule has 1 unspecified atom stereocenters. The van der Waals surface area contributed by atoms with E-state index >= 15 is 0 Å². The molecule has 1 rings (SSSR count). The van der Waals surface area contributed by atoms with E-state index in [1.165, 1.54) is 30.0 Å². The van der Waals surface area contributed by atoms with Gasteiger partial charge in [0.25, 0.3) is 0 Å². The summed E-state index contributed by atoms with van der Waals surface area (Å²) in [5.74, 6) is 0. The van der Waals surface area contributed by atoms with Crippen molar-refractivity contribution < 1.29 is 24.7 Å². The Bertz CT molecular complexity index is 312. The molecule has 7 nitrogen and oxygen atoms in total. The van der Waals surface area contributed by atoms with Gasteiger partial charge < -0.3 is 0 Å². The van der Waals surface area contributed by atoms with Gasteiger partial charge >= 0.3 is 87.3 Å². The van der Waals surface area contributed by atoms with E-state index in [0.29, 0.717) is 0 Å². The first kappa shape index (κ1) is 12.9. The molecule has 0 aliphatic carbocycles. The molecule has 0 aromatic carbocycles. The molecule has 1 heterocycles. The number of rotatable bonds is 4. The minimum atomic E-state index is -4.84. The maximum absolute atomic E-state index is 9.84. The van der Waals surface area contributed by atoms with Gasteiger partial charge in [-0.2, -0.15) is 0 Å². The van der Waals surface area contributed by atoms with Crippen molar-refractivity contribution in [2.75, 3.05) is 6.66 Å². The molecule has 0 aliphatic rings. The van der Waals surface area contributed by atoms with E-state index < -0.39 is 21.2 Å². The van der Waals surface area contributed by atoms with Gasteiger partial charge in [-0.05, 0) is 0 Å². The standard InChI is InChI=1S/C6H14N2O5P2/c1-14(10)6(9,15(11,12)13)4-8-3-2-7-5-8/h2-3,5,9-13,15H,4H2,1H3/t6?,14-/m1/s1. The average molecular weight is 256 g/mol. The molecule has 1 aromatic heterocycles. The predicted octanol–water partition coefficient (Wildman–Crippen LogP) is -0.980.